The molecule has 5 aliphatic rings. The second-order valence-electron chi connectivity index (χ2n) is 7.32. The molecule has 0 saturated carbocycles. The first-order valence-corrected chi connectivity index (χ1v) is 8.70. The van der Waals surface area contributed by atoms with E-state index in [1.807, 2.05) is 18.3 Å². The number of nitrogens with zero attached hydrogens (tertiary/aromatic N) is 2. The monoisotopic (exact) mass is 310 g/mol. The fraction of sp³-hybridized carbons (Fsp3) is 0.526. The Labute approximate surface area is 136 Å². The van der Waals surface area contributed by atoms with Crippen LogP contribution in [0.4, 0.5) is 0 Å². The molecular formula is C19H22N2O2. The lowest BCUT2D eigenvalue weighted by molar-refractivity contribution is -0.274. The molecule has 0 amide bonds. The quantitative estimate of drug-likeness (QED) is 0.925. The van der Waals surface area contributed by atoms with Gasteiger partial charge in [-0.1, -0.05) is 6.92 Å². The van der Waals surface area contributed by atoms with E-state index in [4.69, 9.17) is 4.74 Å². The van der Waals surface area contributed by atoms with Crippen LogP contribution in [-0.2, 0) is 4.74 Å². The molecule has 4 heteroatoms. The number of hydrogen-bond donors (Lipinski definition) is 1. The van der Waals surface area contributed by atoms with Crippen LogP contribution in [0.15, 0.2) is 30.5 Å². The molecule has 5 atom stereocenters. The van der Waals surface area contributed by atoms with E-state index in [2.05, 4.69) is 22.9 Å². The van der Waals surface area contributed by atoms with Gasteiger partial charge in [0.2, 0.25) is 0 Å². The summed E-state index contributed by atoms with van der Waals surface area (Å²) < 4.78 is 6.74. The average molecular weight is 310 g/mol. The van der Waals surface area contributed by atoms with Crippen molar-refractivity contribution in [1.82, 2.24) is 9.88 Å². The van der Waals surface area contributed by atoms with Gasteiger partial charge in [-0.25, -0.2) is 0 Å². The maximum atomic E-state index is 9.91. The average Bonchev–Trinajstić information content (AvgIpc) is 2.61. The number of benzene rings is 1. The minimum absolute atomic E-state index is 0.0179. The Balaban J connectivity index is 1.64. The van der Waals surface area contributed by atoms with Crippen molar-refractivity contribution in [2.24, 2.45) is 5.92 Å². The van der Waals surface area contributed by atoms with Gasteiger partial charge in [-0.05, 0) is 61.6 Å². The van der Waals surface area contributed by atoms with Gasteiger partial charge >= 0.3 is 0 Å². The Morgan fingerprint density at radius 3 is 3.09 bits per heavy atom. The summed E-state index contributed by atoms with van der Waals surface area (Å²) in [5.74, 6) is 1.00. The number of phenols is 1. The maximum absolute atomic E-state index is 9.91. The second-order valence-corrected chi connectivity index (χ2v) is 7.32. The highest BCUT2D eigenvalue weighted by Crippen LogP contribution is 2.54. The molecule has 0 spiro atoms. The zero-order valence-corrected chi connectivity index (χ0v) is 13.4. The zero-order chi connectivity index (χ0) is 15.6. The van der Waals surface area contributed by atoms with Crippen LogP contribution in [0.25, 0.3) is 10.9 Å². The van der Waals surface area contributed by atoms with Crippen LogP contribution >= 0.6 is 0 Å². The van der Waals surface area contributed by atoms with Gasteiger partial charge in [0.25, 0.3) is 0 Å². The van der Waals surface area contributed by atoms with Gasteiger partial charge in [0, 0.05) is 24.2 Å². The van der Waals surface area contributed by atoms with Gasteiger partial charge in [-0.2, -0.15) is 0 Å². The molecule has 6 heterocycles. The Hall–Kier alpha value is -1.65. The van der Waals surface area contributed by atoms with Crippen LogP contribution in [0, 0.1) is 5.92 Å². The normalized spacial score (nSPS) is 38.3. The third kappa shape index (κ3) is 1.82. The molecule has 0 radical (unpaired) electrons. The largest absolute Gasteiger partial charge is 0.508 e. The molecule has 4 bridgehead atoms. The van der Waals surface area contributed by atoms with Crippen LogP contribution < -0.4 is 0 Å². The van der Waals surface area contributed by atoms with Crippen LogP contribution in [0.2, 0.25) is 0 Å². The zero-order valence-electron chi connectivity index (χ0n) is 13.4. The predicted octanol–water partition coefficient (Wildman–Crippen LogP) is 3.25. The van der Waals surface area contributed by atoms with Crippen molar-refractivity contribution in [2.75, 3.05) is 13.1 Å². The lowest BCUT2D eigenvalue weighted by Crippen LogP contribution is -2.70. The third-order valence-corrected chi connectivity index (χ3v) is 6.35. The SMILES string of the molecule is CC[C@@]12CN3CCC1C[C@H]3[C@H](c1ccnc3ccc(O)cc13)O2. The Morgan fingerprint density at radius 1 is 1.39 bits per heavy atom. The number of fused-ring (bicyclic) bond motifs is 3. The maximum Gasteiger partial charge on any atom is 0.116 e. The summed E-state index contributed by atoms with van der Waals surface area (Å²) in [6.45, 7) is 4.55. The van der Waals surface area contributed by atoms with Crippen molar-refractivity contribution < 1.29 is 9.84 Å². The fourth-order valence-corrected chi connectivity index (χ4v) is 5.13. The van der Waals surface area contributed by atoms with E-state index >= 15 is 0 Å². The molecule has 5 aliphatic heterocycles. The Bertz CT molecular complexity index is 777. The van der Waals surface area contributed by atoms with Crippen LogP contribution in [-0.4, -0.2) is 39.7 Å². The molecule has 5 saturated heterocycles. The third-order valence-electron chi connectivity index (χ3n) is 6.35. The van der Waals surface area contributed by atoms with E-state index in [0.29, 0.717) is 17.7 Å². The van der Waals surface area contributed by atoms with Crippen molar-refractivity contribution in [3.8, 4) is 5.75 Å². The molecule has 120 valence electrons. The Kier molecular flexibility index (Phi) is 2.80. The predicted molar refractivity (Wildman–Crippen MR) is 88.3 cm³/mol. The number of aromatic nitrogens is 1. The number of rotatable bonds is 2. The highest BCUT2D eigenvalue weighted by molar-refractivity contribution is 5.83. The molecular weight excluding hydrogens is 288 g/mol. The van der Waals surface area contributed by atoms with E-state index in [1.54, 1.807) is 6.07 Å². The molecule has 1 aromatic heterocycles. The van der Waals surface area contributed by atoms with Crippen LogP contribution in [0.5, 0.6) is 5.75 Å². The molecule has 1 aromatic carbocycles. The lowest BCUT2D eigenvalue weighted by atomic mass is 9.66. The second kappa shape index (κ2) is 4.68. The Morgan fingerprint density at radius 2 is 2.30 bits per heavy atom. The van der Waals surface area contributed by atoms with Crippen molar-refractivity contribution >= 4 is 10.9 Å². The number of piperidine rings is 3. The summed E-state index contributed by atoms with van der Waals surface area (Å²) >= 11 is 0. The van der Waals surface area contributed by atoms with Crippen LogP contribution in [0.1, 0.15) is 37.9 Å². The van der Waals surface area contributed by atoms with Crippen molar-refractivity contribution in [2.45, 2.75) is 43.9 Å². The number of aromatic hydroxyl groups is 1. The molecule has 23 heavy (non-hydrogen) atoms. The highest BCUT2D eigenvalue weighted by Gasteiger charge is 2.58. The van der Waals surface area contributed by atoms with Crippen molar-refractivity contribution in [1.29, 1.82) is 0 Å². The van der Waals surface area contributed by atoms with Gasteiger partial charge in [-0.15, -0.1) is 0 Å². The number of ether oxygens (including phenoxy) is 1. The molecule has 1 N–H and O–H groups in total. The first-order valence-electron chi connectivity index (χ1n) is 8.70. The molecule has 7 rings (SSSR count). The number of morpholine rings is 1. The topological polar surface area (TPSA) is 45.6 Å². The van der Waals surface area contributed by atoms with E-state index in [0.717, 1.165) is 23.9 Å². The number of pyridine rings is 1. The summed E-state index contributed by atoms with van der Waals surface area (Å²) in [6.07, 6.45) is 5.54. The smallest absolute Gasteiger partial charge is 0.116 e. The number of hydrogen-bond acceptors (Lipinski definition) is 4. The molecule has 0 aliphatic carbocycles. The highest BCUT2D eigenvalue weighted by atomic mass is 16.5. The summed E-state index contributed by atoms with van der Waals surface area (Å²) in [5, 5.41) is 10.9. The fourth-order valence-electron chi connectivity index (χ4n) is 5.13. The summed E-state index contributed by atoms with van der Waals surface area (Å²) in [7, 11) is 0. The van der Waals surface area contributed by atoms with E-state index in [9.17, 15) is 5.11 Å². The molecule has 4 nitrogen and oxygen atoms in total. The molecule has 2 unspecified atom stereocenters. The van der Waals surface area contributed by atoms with Gasteiger partial charge < -0.3 is 9.84 Å². The van der Waals surface area contributed by atoms with E-state index in [-0.39, 0.29) is 11.7 Å². The minimum Gasteiger partial charge on any atom is -0.508 e. The first kappa shape index (κ1) is 13.8. The summed E-state index contributed by atoms with van der Waals surface area (Å²) in [5.41, 5.74) is 2.12. The molecule has 5 fully saturated rings. The molecule has 2 aromatic rings. The first-order chi connectivity index (χ1) is 11.2. The van der Waals surface area contributed by atoms with Gasteiger partial charge in [0.15, 0.2) is 0 Å². The van der Waals surface area contributed by atoms with E-state index < -0.39 is 0 Å². The summed E-state index contributed by atoms with van der Waals surface area (Å²) in [6, 6.07) is 7.96. The van der Waals surface area contributed by atoms with Gasteiger partial charge in [0.1, 0.15) is 5.75 Å². The van der Waals surface area contributed by atoms with Crippen LogP contribution in [0.3, 0.4) is 0 Å². The minimum atomic E-state index is 0.0179. The van der Waals surface area contributed by atoms with Gasteiger partial charge in [0.05, 0.1) is 17.2 Å². The number of phenolic OH excluding ortho intramolecular Hbond substituents is 1. The standard InChI is InChI=1S/C19H22N2O2/c1-2-19-11-21-8-6-12(19)9-17(21)18(23-19)14-5-7-20-16-4-3-13(22)10-15(14)16/h3-5,7,10,12,17-18,22H,2,6,8-9,11H2,1H3/t12?,17-,18-,19+/m0/s1. The van der Waals surface area contributed by atoms with E-state index in [1.165, 1.54) is 24.9 Å². The summed E-state index contributed by atoms with van der Waals surface area (Å²) in [4.78, 5) is 7.08. The van der Waals surface area contributed by atoms with Crippen molar-refractivity contribution in [3.63, 3.8) is 0 Å². The van der Waals surface area contributed by atoms with Crippen molar-refractivity contribution in [3.05, 3.63) is 36.0 Å². The van der Waals surface area contributed by atoms with Gasteiger partial charge in [-0.3, -0.25) is 9.88 Å². The lowest BCUT2D eigenvalue weighted by Gasteiger charge is -2.64.